The first kappa shape index (κ1) is 12.6. The van der Waals surface area contributed by atoms with Crippen molar-refractivity contribution in [1.82, 2.24) is 4.90 Å². The first-order chi connectivity index (χ1) is 9.74. The highest BCUT2D eigenvalue weighted by atomic mass is 15.1. The molecule has 1 aromatic rings. The summed E-state index contributed by atoms with van der Waals surface area (Å²) in [5, 5.41) is 0. The van der Waals surface area contributed by atoms with Gasteiger partial charge in [-0.1, -0.05) is 43.2 Å². The van der Waals surface area contributed by atoms with Crippen LogP contribution in [0.2, 0.25) is 0 Å². The van der Waals surface area contributed by atoms with Crippen LogP contribution in [0.15, 0.2) is 29.8 Å². The molecule has 0 radical (unpaired) electrons. The van der Waals surface area contributed by atoms with E-state index in [1.54, 1.807) is 22.3 Å². The standard InChI is InChI=1S/C19H25N/c1-13-7-8-16-15-5-3-4-6-17(15)19(18(16)11-13)14-9-10-20(2)12-14/h3-6,13,16,18H,7-12H2,1-2H3/b19-14-/t13?,16-,18?/m1/s1. The van der Waals surface area contributed by atoms with Crippen molar-refractivity contribution in [2.75, 3.05) is 20.1 Å². The van der Waals surface area contributed by atoms with E-state index in [9.17, 15) is 0 Å². The molecule has 106 valence electrons. The third kappa shape index (κ3) is 1.87. The number of likely N-dealkylation sites (tertiary alicyclic amines) is 1. The van der Waals surface area contributed by atoms with Crippen LogP contribution in [-0.2, 0) is 0 Å². The maximum Gasteiger partial charge on any atom is 0.0196 e. The van der Waals surface area contributed by atoms with E-state index in [1.165, 1.54) is 38.8 Å². The minimum absolute atomic E-state index is 0.816. The molecule has 0 bridgehead atoms. The van der Waals surface area contributed by atoms with Crippen molar-refractivity contribution in [2.45, 2.75) is 38.5 Å². The fourth-order valence-electron chi connectivity index (χ4n) is 4.82. The van der Waals surface area contributed by atoms with E-state index in [0.29, 0.717) is 0 Å². The lowest BCUT2D eigenvalue weighted by Gasteiger charge is -2.31. The molecule has 0 N–H and O–H groups in total. The summed E-state index contributed by atoms with van der Waals surface area (Å²) in [6.45, 7) is 4.89. The number of rotatable bonds is 0. The summed E-state index contributed by atoms with van der Waals surface area (Å²) >= 11 is 0. The van der Waals surface area contributed by atoms with Gasteiger partial charge in [-0.15, -0.1) is 0 Å². The fraction of sp³-hybridized carbons (Fsp3) is 0.579. The Morgan fingerprint density at radius 1 is 1.10 bits per heavy atom. The monoisotopic (exact) mass is 267 g/mol. The molecule has 2 unspecified atom stereocenters. The van der Waals surface area contributed by atoms with Crippen LogP contribution in [0.5, 0.6) is 0 Å². The molecule has 1 aromatic carbocycles. The Bertz CT molecular complexity index is 557. The topological polar surface area (TPSA) is 3.24 Å². The van der Waals surface area contributed by atoms with Gasteiger partial charge in [0, 0.05) is 13.1 Å². The maximum absolute atomic E-state index is 2.48. The zero-order valence-corrected chi connectivity index (χ0v) is 12.7. The van der Waals surface area contributed by atoms with Crippen molar-refractivity contribution in [3.8, 4) is 0 Å². The van der Waals surface area contributed by atoms with Crippen molar-refractivity contribution >= 4 is 5.57 Å². The van der Waals surface area contributed by atoms with Gasteiger partial charge in [0.05, 0.1) is 0 Å². The largest absolute Gasteiger partial charge is 0.302 e. The maximum atomic E-state index is 2.48. The molecule has 1 heterocycles. The number of nitrogens with zero attached hydrogens (tertiary/aromatic N) is 1. The smallest absolute Gasteiger partial charge is 0.0196 e. The van der Waals surface area contributed by atoms with Gasteiger partial charge in [-0.05, 0) is 60.8 Å². The van der Waals surface area contributed by atoms with Crippen LogP contribution < -0.4 is 0 Å². The summed E-state index contributed by atoms with van der Waals surface area (Å²) in [7, 11) is 2.26. The minimum atomic E-state index is 0.816. The molecule has 1 heteroatoms. The first-order valence-electron chi connectivity index (χ1n) is 8.24. The molecule has 4 rings (SSSR count). The van der Waals surface area contributed by atoms with Crippen LogP contribution in [0.1, 0.15) is 49.7 Å². The van der Waals surface area contributed by atoms with Gasteiger partial charge in [0.15, 0.2) is 0 Å². The lowest BCUT2D eigenvalue weighted by molar-refractivity contribution is 0.302. The highest BCUT2D eigenvalue weighted by molar-refractivity contribution is 5.79. The van der Waals surface area contributed by atoms with Crippen molar-refractivity contribution in [3.05, 3.63) is 41.0 Å². The Labute approximate surface area is 122 Å². The Kier molecular flexibility index (Phi) is 2.99. The Balaban J connectivity index is 1.84. The number of likely N-dealkylation sites (N-methyl/N-ethyl adjacent to an activating group) is 1. The highest BCUT2D eigenvalue weighted by Gasteiger charge is 2.41. The molecule has 0 amide bonds. The minimum Gasteiger partial charge on any atom is -0.302 e. The molecular formula is C19H25N. The molecule has 1 aliphatic heterocycles. The zero-order valence-electron chi connectivity index (χ0n) is 12.7. The summed E-state index contributed by atoms with van der Waals surface area (Å²) in [5.41, 5.74) is 6.74. The predicted octanol–water partition coefficient (Wildman–Crippen LogP) is 4.31. The second kappa shape index (κ2) is 4.73. The van der Waals surface area contributed by atoms with Gasteiger partial charge in [0.2, 0.25) is 0 Å². The predicted molar refractivity (Wildman–Crippen MR) is 84.7 cm³/mol. The van der Waals surface area contributed by atoms with Crippen LogP contribution >= 0.6 is 0 Å². The van der Waals surface area contributed by atoms with Gasteiger partial charge in [-0.25, -0.2) is 0 Å². The molecular weight excluding hydrogens is 242 g/mol. The van der Waals surface area contributed by atoms with Crippen LogP contribution in [0.4, 0.5) is 0 Å². The lowest BCUT2D eigenvalue weighted by Crippen LogP contribution is -2.19. The number of hydrogen-bond acceptors (Lipinski definition) is 1. The lowest BCUT2D eigenvalue weighted by atomic mass is 9.73. The molecule has 1 saturated carbocycles. The average molecular weight is 267 g/mol. The fourth-order valence-corrected chi connectivity index (χ4v) is 4.82. The average Bonchev–Trinajstić information content (AvgIpc) is 2.99. The zero-order chi connectivity index (χ0) is 13.7. The van der Waals surface area contributed by atoms with Crippen molar-refractivity contribution in [3.63, 3.8) is 0 Å². The van der Waals surface area contributed by atoms with E-state index in [0.717, 1.165) is 17.8 Å². The van der Waals surface area contributed by atoms with E-state index >= 15 is 0 Å². The van der Waals surface area contributed by atoms with Gasteiger partial charge in [0.1, 0.15) is 0 Å². The summed E-state index contributed by atoms with van der Waals surface area (Å²) in [5.74, 6) is 2.54. The molecule has 0 spiro atoms. The molecule has 3 atom stereocenters. The molecule has 0 aromatic heterocycles. The van der Waals surface area contributed by atoms with Gasteiger partial charge >= 0.3 is 0 Å². The molecule has 1 saturated heterocycles. The SMILES string of the molecule is CC1CC[C@@H]2c3ccccc3/C(=C3\CCN(C)C3)C2C1. The van der Waals surface area contributed by atoms with Crippen LogP contribution in [0.3, 0.4) is 0 Å². The van der Waals surface area contributed by atoms with Crippen LogP contribution in [-0.4, -0.2) is 25.0 Å². The van der Waals surface area contributed by atoms with Crippen LogP contribution in [0.25, 0.3) is 5.57 Å². The second-order valence-corrected chi connectivity index (χ2v) is 7.22. The summed E-state index contributed by atoms with van der Waals surface area (Å²) < 4.78 is 0. The Morgan fingerprint density at radius 3 is 2.75 bits per heavy atom. The van der Waals surface area contributed by atoms with E-state index in [2.05, 4.69) is 43.1 Å². The van der Waals surface area contributed by atoms with E-state index in [4.69, 9.17) is 0 Å². The summed E-state index contributed by atoms with van der Waals surface area (Å²) in [6.07, 6.45) is 5.51. The third-order valence-corrected chi connectivity index (χ3v) is 5.77. The van der Waals surface area contributed by atoms with Gasteiger partial charge in [-0.2, -0.15) is 0 Å². The summed E-state index contributed by atoms with van der Waals surface area (Å²) in [6, 6.07) is 9.26. The molecule has 20 heavy (non-hydrogen) atoms. The second-order valence-electron chi connectivity index (χ2n) is 7.22. The van der Waals surface area contributed by atoms with Crippen molar-refractivity contribution in [2.24, 2.45) is 11.8 Å². The number of allylic oxidation sites excluding steroid dienone is 1. The van der Waals surface area contributed by atoms with E-state index in [-0.39, 0.29) is 0 Å². The van der Waals surface area contributed by atoms with Crippen molar-refractivity contribution in [1.29, 1.82) is 0 Å². The molecule has 2 fully saturated rings. The van der Waals surface area contributed by atoms with Crippen LogP contribution in [0, 0.1) is 11.8 Å². The number of hydrogen-bond donors (Lipinski definition) is 0. The third-order valence-electron chi connectivity index (χ3n) is 5.77. The first-order valence-corrected chi connectivity index (χ1v) is 8.24. The molecule has 3 aliphatic rings. The molecule has 1 nitrogen and oxygen atoms in total. The van der Waals surface area contributed by atoms with Gasteiger partial charge in [-0.3, -0.25) is 0 Å². The number of fused-ring (bicyclic) bond motifs is 3. The highest BCUT2D eigenvalue weighted by Crippen LogP contribution is 2.55. The Morgan fingerprint density at radius 2 is 1.95 bits per heavy atom. The Hall–Kier alpha value is -1.08. The quantitative estimate of drug-likeness (QED) is 0.677. The van der Waals surface area contributed by atoms with Gasteiger partial charge < -0.3 is 4.90 Å². The number of benzene rings is 1. The normalized spacial score (nSPS) is 37.0. The summed E-state index contributed by atoms with van der Waals surface area (Å²) in [4.78, 5) is 2.48. The van der Waals surface area contributed by atoms with Crippen molar-refractivity contribution < 1.29 is 0 Å². The van der Waals surface area contributed by atoms with E-state index in [1.807, 2.05) is 0 Å². The van der Waals surface area contributed by atoms with E-state index < -0.39 is 0 Å². The molecule has 2 aliphatic carbocycles. The van der Waals surface area contributed by atoms with Gasteiger partial charge in [0.25, 0.3) is 0 Å².